The molecule has 3 rings (SSSR count). The van der Waals surface area contributed by atoms with Gasteiger partial charge in [-0.1, -0.05) is 26.2 Å². The van der Waals surface area contributed by atoms with Crippen LogP contribution in [0.4, 0.5) is 0 Å². The first-order chi connectivity index (χ1) is 10.1. The van der Waals surface area contributed by atoms with Crippen LogP contribution in [-0.2, 0) is 9.59 Å². The average molecular weight is 293 g/mol. The van der Waals surface area contributed by atoms with Crippen molar-refractivity contribution >= 4 is 11.9 Å². The Hall–Kier alpha value is -1.06. The van der Waals surface area contributed by atoms with Gasteiger partial charge in [0.05, 0.1) is 5.41 Å². The number of carboxylic acids is 1. The summed E-state index contributed by atoms with van der Waals surface area (Å²) in [4.78, 5) is 26.4. The number of carboxylic acid groups (broad SMARTS) is 1. The molecule has 3 unspecified atom stereocenters. The maximum Gasteiger partial charge on any atom is 0.311 e. The third kappa shape index (κ3) is 2.58. The van der Waals surface area contributed by atoms with E-state index in [0.29, 0.717) is 24.8 Å². The summed E-state index contributed by atoms with van der Waals surface area (Å²) in [6.45, 7) is 3.22. The SMILES string of the molecule is CCCC1(C(=O)O)CCCN(C(=O)C2C3CCCCC32)C1. The maximum atomic E-state index is 12.8. The normalized spacial score (nSPS) is 38.7. The van der Waals surface area contributed by atoms with Gasteiger partial charge in [0.1, 0.15) is 0 Å². The van der Waals surface area contributed by atoms with Crippen LogP contribution in [-0.4, -0.2) is 35.0 Å². The fourth-order valence-electron chi connectivity index (χ4n) is 4.85. The molecule has 4 nitrogen and oxygen atoms in total. The summed E-state index contributed by atoms with van der Waals surface area (Å²) < 4.78 is 0. The molecule has 0 aromatic carbocycles. The molecule has 0 spiro atoms. The van der Waals surface area contributed by atoms with E-state index in [1.54, 1.807) is 0 Å². The first-order valence-corrected chi connectivity index (χ1v) is 8.61. The first kappa shape index (κ1) is 14.9. The molecule has 3 atom stereocenters. The summed E-state index contributed by atoms with van der Waals surface area (Å²) in [7, 11) is 0. The van der Waals surface area contributed by atoms with Gasteiger partial charge in [-0.2, -0.15) is 0 Å². The van der Waals surface area contributed by atoms with Crippen molar-refractivity contribution in [1.29, 1.82) is 0 Å². The number of amides is 1. The van der Waals surface area contributed by atoms with Gasteiger partial charge in [0.25, 0.3) is 0 Å². The summed E-state index contributed by atoms with van der Waals surface area (Å²) in [5, 5.41) is 9.64. The van der Waals surface area contributed by atoms with Crippen molar-refractivity contribution in [2.45, 2.75) is 58.3 Å². The zero-order chi connectivity index (χ0) is 15.0. The van der Waals surface area contributed by atoms with Crippen LogP contribution in [0.2, 0.25) is 0 Å². The van der Waals surface area contributed by atoms with E-state index in [-0.39, 0.29) is 11.8 Å². The predicted molar refractivity (Wildman–Crippen MR) is 79.7 cm³/mol. The smallest absolute Gasteiger partial charge is 0.311 e. The van der Waals surface area contributed by atoms with Gasteiger partial charge in [-0.3, -0.25) is 9.59 Å². The molecule has 118 valence electrons. The monoisotopic (exact) mass is 293 g/mol. The van der Waals surface area contributed by atoms with Crippen LogP contribution in [0.1, 0.15) is 58.3 Å². The van der Waals surface area contributed by atoms with Crippen LogP contribution in [0, 0.1) is 23.2 Å². The van der Waals surface area contributed by atoms with Crippen molar-refractivity contribution in [3.05, 3.63) is 0 Å². The Balaban J connectivity index is 1.68. The Morgan fingerprint density at radius 3 is 2.43 bits per heavy atom. The van der Waals surface area contributed by atoms with Gasteiger partial charge >= 0.3 is 5.97 Å². The fourth-order valence-corrected chi connectivity index (χ4v) is 4.85. The number of piperidine rings is 1. The van der Waals surface area contributed by atoms with E-state index in [4.69, 9.17) is 0 Å². The second-order valence-corrected chi connectivity index (χ2v) is 7.34. The van der Waals surface area contributed by atoms with Crippen molar-refractivity contribution in [3.63, 3.8) is 0 Å². The summed E-state index contributed by atoms with van der Waals surface area (Å²) in [6.07, 6.45) is 8.03. The van der Waals surface area contributed by atoms with Crippen molar-refractivity contribution in [2.75, 3.05) is 13.1 Å². The molecule has 2 saturated carbocycles. The molecule has 0 aromatic heterocycles. The molecule has 21 heavy (non-hydrogen) atoms. The van der Waals surface area contributed by atoms with Gasteiger partial charge in [0.2, 0.25) is 5.91 Å². The Labute approximate surface area is 126 Å². The van der Waals surface area contributed by atoms with Gasteiger partial charge in [-0.25, -0.2) is 0 Å². The van der Waals surface area contributed by atoms with Crippen molar-refractivity contribution < 1.29 is 14.7 Å². The molecule has 4 heteroatoms. The lowest BCUT2D eigenvalue weighted by atomic mass is 9.76. The van der Waals surface area contributed by atoms with E-state index in [1.165, 1.54) is 25.7 Å². The highest BCUT2D eigenvalue weighted by Gasteiger charge is 2.56. The molecule has 1 heterocycles. The van der Waals surface area contributed by atoms with E-state index in [1.807, 2.05) is 11.8 Å². The summed E-state index contributed by atoms with van der Waals surface area (Å²) >= 11 is 0. The highest BCUT2D eigenvalue weighted by Crippen LogP contribution is 2.56. The van der Waals surface area contributed by atoms with E-state index in [9.17, 15) is 14.7 Å². The van der Waals surface area contributed by atoms with Crippen LogP contribution in [0.25, 0.3) is 0 Å². The summed E-state index contributed by atoms with van der Waals surface area (Å²) in [5.74, 6) is 0.985. The van der Waals surface area contributed by atoms with Crippen LogP contribution in [0.5, 0.6) is 0 Å². The summed E-state index contributed by atoms with van der Waals surface area (Å²) in [5.41, 5.74) is -0.692. The molecule has 1 aliphatic heterocycles. The van der Waals surface area contributed by atoms with E-state index in [0.717, 1.165) is 25.8 Å². The summed E-state index contributed by atoms with van der Waals surface area (Å²) in [6, 6.07) is 0. The minimum Gasteiger partial charge on any atom is -0.481 e. The lowest BCUT2D eigenvalue weighted by Crippen LogP contribution is -2.50. The molecule has 2 aliphatic carbocycles. The van der Waals surface area contributed by atoms with Crippen molar-refractivity contribution in [1.82, 2.24) is 4.90 Å². The Morgan fingerprint density at radius 1 is 1.19 bits per heavy atom. The molecule has 0 radical (unpaired) electrons. The maximum absolute atomic E-state index is 12.8. The molecule has 3 fully saturated rings. The largest absolute Gasteiger partial charge is 0.481 e. The number of fused-ring (bicyclic) bond motifs is 1. The highest BCUT2D eigenvalue weighted by molar-refractivity contribution is 5.84. The average Bonchev–Trinajstić information content (AvgIpc) is 3.21. The van der Waals surface area contributed by atoms with Crippen LogP contribution < -0.4 is 0 Å². The zero-order valence-corrected chi connectivity index (χ0v) is 13.0. The molecular weight excluding hydrogens is 266 g/mol. The van der Waals surface area contributed by atoms with E-state index >= 15 is 0 Å². The lowest BCUT2D eigenvalue weighted by molar-refractivity contribution is -0.156. The molecule has 0 bridgehead atoms. The number of nitrogens with zero attached hydrogens (tertiary/aromatic N) is 1. The molecule has 1 N–H and O–H groups in total. The minimum atomic E-state index is -0.713. The number of hydrogen-bond donors (Lipinski definition) is 1. The quantitative estimate of drug-likeness (QED) is 0.867. The predicted octanol–water partition coefficient (Wildman–Crippen LogP) is 2.92. The van der Waals surface area contributed by atoms with E-state index < -0.39 is 11.4 Å². The third-order valence-corrected chi connectivity index (χ3v) is 6.01. The van der Waals surface area contributed by atoms with Gasteiger partial charge in [-0.05, 0) is 43.9 Å². The Kier molecular flexibility index (Phi) is 3.98. The number of likely N-dealkylation sites (tertiary alicyclic amines) is 1. The van der Waals surface area contributed by atoms with Crippen LogP contribution >= 0.6 is 0 Å². The first-order valence-electron chi connectivity index (χ1n) is 8.61. The second-order valence-electron chi connectivity index (χ2n) is 7.34. The number of carbonyl (C=O) groups excluding carboxylic acids is 1. The molecule has 3 aliphatic rings. The van der Waals surface area contributed by atoms with Crippen molar-refractivity contribution in [3.8, 4) is 0 Å². The van der Waals surface area contributed by atoms with Crippen LogP contribution in [0.15, 0.2) is 0 Å². The Bertz CT molecular complexity index is 420. The molecule has 0 aromatic rings. The van der Waals surface area contributed by atoms with Gasteiger partial charge in [0.15, 0.2) is 0 Å². The Morgan fingerprint density at radius 2 is 1.86 bits per heavy atom. The number of rotatable bonds is 4. The number of carbonyl (C=O) groups is 2. The van der Waals surface area contributed by atoms with Gasteiger partial charge < -0.3 is 10.0 Å². The second kappa shape index (κ2) is 5.62. The van der Waals surface area contributed by atoms with Crippen LogP contribution in [0.3, 0.4) is 0 Å². The molecule has 1 amide bonds. The third-order valence-electron chi connectivity index (χ3n) is 6.01. The van der Waals surface area contributed by atoms with Crippen molar-refractivity contribution in [2.24, 2.45) is 23.2 Å². The van der Waals surface area contributed by atoms with Gasteiger partial charge in [-0.15, -0.1) is 0 Å². The molecule has 1 saturated heterocycles. The number of hydrogen-bond acceptors (Lipinski definition) is 2. The number of aliphatic carboxylic acids is 1. The lowest BCUT2D eigenvalue weighted by Gasteiger charge is -2.40. The standard InChI is InChI=1S/C17H27NO3/c1-2-8-17(16(20)21)9-5-10-18(11-17)15(19)14-12-6-3-4-7-13(12)14/h12-14H,2-11H2,1H3,(H,20,21). The fraction of sp³-hybridized carbons (Fsp3) is 0.882. The highest BCUT2D eigenvalue weighted by atomic mass is 16.4. The molecular formula is C17H27NO3. The topological polar surface area (TPSA) is 57.6 Å². The van der Waals surface area contributed by atoms with E-state index in [2.05, 4.69) is 0 Å². The zero-order valence-electron chi connectivity index (χ0n) is 13.0. The van der Waals surface area contributed by atoms with Gasteiger partial charge in [0, 0.05) is 19.0 Å². The minimum absolute atomic E-state index is 0.221.